The molecule has 1 fully saturated rings. The Kier molecular flexibility index (Phi) is 16.8. The topological polar surface area (TPSA) is 219 Å². The highest BCUT2D eigenvalue weighted by Crippen LogP contribution is 2.32. The van der Waals surface area contributed by atoms with Gasteiger partial charge in [-0.1, -0.05) is 0 Å². The average Bonchev–Trinajstić information content (AvgIpc) is 3.08. The molecule has 50 heavy (non-hydrogen) atoms. The summed E-state index contributed by atoms with van der Waals surface area (Å²) >= 11 is 0. The lowest BCUT2D eigenvalue weighted by Gasteiger charge is -2.30. The third-order valence-corrected chi connectivity index (χ3v) is 8.54. The molecule has 14 heteroatoms. The van der Waals surface area contributed by atoms with Gasteiger partial charge in [-0.25, -0.2) is 0 Å². The number of rotatable bonds is 21. The van der Waals surface area contributed by atoms with E-state index in [1.807, 2.05) is 19.0 Å². The highest BCUT2D eigenvalue weighted by molar-refractivity contribution is 6.03. The Hall–Kier alpha value is -4.40. The van der Waals surface area contributed by atoms with E-state index in [2.05, 4.69) is 16.0 Å². The predicted molar refractivity (Wildman–Crippen MR) is 190 cm³/mol. The van der Waals surface area contributed by atoms with E-state index in [4.69, 9.17) is 20.9 Å². The molecule has 1 aliphatic carbocycles. The fourth-order valence-electron chi connectivity index (χ4n) is 5.63. The van der Waals surface area contributed by atoms with Crippen molar-refractivity contribution < 1.29 is 38.9 Å². The van der Waals surface area contributed by atoms with E-state index in [0.717, 1.165) is 50.7 Å². The molecular formula is C36H54N6O8. The van der Waals surface area contributed by atoms with Crippen LogP contribution >= 0.6 is 0 Å². The SMILES string of the molecule is CN(C)CCNC(=O)c1cc(C(=O)N[C@H]2CC[C@H](NC(=O)c3cc(C=O)c(O)cc3O)CC2)c(OCCCCCN)cc1OCCCCCN. The van der Waals surface area contributed by atoms with E-state index in [9.17, 15) is 29.4 Å². The molecule has 1 saturated carbocycles. The number of carbonyl (C=O) groups is 4. The molecule has 14 nitrogen and oxygen atoms in total. The van der Waals surface area contributed by atoms with Crippen LogP contribution in [0.25, 0.3) is 0 Å². The number of ether oxygens (including phenoxy) is 2. The van der Waals surface area contributed by atoms with E-state index in [-0.39, 0.29) is 46.2 Å². The fourth-order valence-corrected chi connectivity index (χ4v) is 5.63. The van der Waals surface area contributed by atoms with Gasteiger partial charge in [0.15, 0.2) is 6.29 Å². The van der Waals surface area contributed by atoms with Crippen molar-refractivity contribution in [2.45, 2.75) is 76.3 Å². The van der Waals surface area contributed by atoms with Crippen LogP contribution in [0.15, 0.2) is 24.3 Å². The molecule has 0 radical (unpaired) electrons. The number of aromatic hydroxyl groups is 2. The number of nitrogens with zero attached hydrogens (tertiary/aromatic N) is 1. The first kappa shape index (κ1) is 40.0. The van der Waals surface area contributed by atoms with Crippen molar-refractivity contribution in [1.82, 2.24) is 20.9 Å². The molecule has 0 aliphatic heterocycles. The summed E-state index contributed by atoms with van der Waals surface area (Å²) in [5.74, 6) is -1.50. The third-order valence-electron chi connectivity index (χ3n) is 8.54. The maximum Gasteiger partial charge on any atom is 0.255 e. The second kappa shape index (κ2) is 21.0. The number of phenolic OH excluding ortho intramolecular Hbond substituents is 2. The predicted octanol–water partition coefficient (Wildman–Crippen LogP) is 2.69. The molecule has 0 aromatic heterocycles. The summed E-state index contributed by atoms with van der Waals surface area (Å²) in [4.78, 5) is 53.2. The molecule has 0 heterocycles. The minimum Gasteiger partial charge on any atom is -0.507 e. The summed E-state index contributed by atoms with van der Waals surface area (Å²) in [7, 11) is 3.83. The van der Waals surface area contributed by atoms with Crippen LogP contribution in [-0.2, 0) is 0 Å². The maximum atomic E-state index is 13.8. The first-order chi connectivity index (χ1) is 24.1. The zero-order valence-electron chi connectivity index (χ0n) is 29.3. The van der Waals surface area contributed by atoms with Crippen molar-refractivity contribution in [2.75, 3.05) is 53.5 Å². The normalized spacial score (nSPS) is 15.7. The lowest BCUT2D eigenvalue weighted by Crippen LogP contribution is -2.44. The molecule has 9 N–H and O–H groups in total. The van der Waals surface area contributed by atoms with Gasteiger partial charge >= 0.3 is 0 Å². The number of carbonyl (C=O) groups excluding carboxylic acids is 4. The number of nitrogens with one attached hydrogen (secondary N) is 3. The van der Waals surface area contributed by atoms with Crippen LogP contribution in [0.2, 0.25) is 0 Å². The van der Waals surface area contributed by atoms with Gasteiger partial charge < -0.3 is 52.0 Å². The molecule has 2 aromatic carbocycles. The van der Waals surface area contributed by atoms with Crippen molar-refractivity contribution in [3.8, 4) is 23.0 Å². The second-order valence-electron chi connectivity index (χ2n) is 12.8. The molecule has 2 aromatic rings. The van der Waals surface area contributed by atoms with Crippen molar-refractivity contribution in [3.05, 3.63) is 46.5 Å². The largest absolute Gasteiger partial charge is 0.507 e. The monoisotopic (exact) mass is 698 g/mol. The number of benzene rings is 2. The molecule has 0 bridgehead atoms. The van der Waals surface area contributed by atoms with Crippen LogP contribution in [-0.4, -0.2) is 105 Å². The highest BCUT2D eigenvalue weighted by Gasteiger charge is 2.28. The molecule has 1 aliphatic rings. The Bertz CT molecular complexity index is 1430. The van der Waals surface area contributed by atoms with Crippen LogP contribution in [0, 0.1) is 0 Å². The maximum absolute atomic E-state index is 13.8. The number of hydrogen-bond acceptors (Lipinski definition) is 11. The van der Waals surface area contributed by atoms with Gasteiger partial charge in [-0.15, -0.1) is 0 Å². The Morgan fingerprint density at radius 3 is 1.76 bits per heavy atom. The van der Waals surface area contributed by atoms with Crippen molar-refractivity contribution in [1.29, 1.82) is 0 Å². The summed E-state index contributed by atoms with van der Waals surface area (Å²) in [6, 6.07) is 4.84. The molecule has 276 valence electrons. The number of amides is 3. The van der Waals surface area contributed by atoms with Gasteiger partial charge in [-0.2, -0.15) is 0 Å². The molecule has 0 spiro atoms. The minimum atomic E-state index is -0.565. The van der Waals surface area contributed by atoms with E-state index < -0.39 is 17.4 Å². The van der Waals surface area contributed by atoms with Crippen LogP contribution in [0.1, 0.15) is 106 Å². The summed E-state index contributed by atoms with van der Waals surface area (Å²) in [5.41, 5.74) is 11.5. The summed E-state index contributed by atoms with van der Waals surface area (Å²) in [6.07, 6.45) is 7.64. The first-order valence-corrected chi connectivity index (χ1v) is 17.5. The molecule has 3 rings (SSSR count). The van der Waals surface area contributed by atoms with Gasteiger partial charge in [0.05, 0.1) is 35.5 Å². The summed E-state index contributed by atoms with van der Waals surface area (Å²) in [5, 5.41) is 28.8. The Morgan fingerprint density at radius 2 is 1.26 bits per heavy atom. The number of hydrogen-bond donors (Lipinski definition) is 7. The zero-order valence-corrected chi connectivity index (χ0v) is 29.3. The van der Waals surface area contributed by atoms with Gasteiger partial charge in [0, 0.05) is 37.3 Å². The lowest BCUT2D eigenvalue weighted by atomic mass is 9.90. The molecule has 0 saturated heterocycles. The van der Waals surface area contributed by atoms with Crippen molar-refractivity contribution in [2.24, 2.45) is 11.5 Å². The van der Waals surface area contributed by atoms with Crippen LogP contribution in [0.5, 0.6) is 23.0 Å². The Morgan fingerprint density at radius 1 is 0.740 bits per heavy atom. The molecule has 0 atom stereocenters. The zero-order chi connectivity index (χ0) is 36.5. The number of nitrogens with two attached hydrogens (primary N) is 2. The van der Waals surface area contributed by atoms with Gasteiger partial charge in [-0.05, 0) is 104 Å². The highest BCUT2D eigenvalue weighted by atomic mass is 16.5. The van der Waals surface area contributed by atoms with Crippen LogP contribution in [0.4, 0.5) is 0 Å². The Labute approximate surface area is 294 Å². The number of phenols is 2. The Balaban J connectivity index is 1.75. The molecule has 0 unspecified atom stereocenters. The van der Waals surface area contributed by atoms with Gasteiger partial charge in [0.1, 0.15) is 23.0 Å². The minimum absolute atomic E-state index is 0.102. The molecular weight excluding hydrogens is 644 g/mol. The summed E-state index contributed by atoms with van der Waals surface area (Å²) in [6.45, 7) is 2.96. The number of likely N-dealkylation sites (N-methyl/N-ethyl adjacent to an activating group) is 1. The standard InChI is InChI=1S/C36H54N6O8/c1-42(2)16-15-39-34(46)28-20-29(33(50-18-8-4-6-14-38)22-32(28)49-17-7-3-5-13-37)36(48)41-26-11-9-25(10-12-26)40-35(47)27-19-24(23-43)30(44)21-31(27)45/h19-23,25-26,44-45H,3-18,37-38H2,1-2H3,(H,39,46)(H,40,47)(H,41,48)/t25-,26-. The van der Waals surface area contributed by atoms with Crippen LogP contribution < -0.4 is 36.9 Å². The summed E-state index contributed by atoms with van der Waals surface area (Å²) < 4.78 is 12.2. The first-order valence-electron chi connectivity index (χ1n) is 17.5. The van der Waals surface area contributed by atoms with Crippen LogP contribution in [0.3, 0.4) is 0 Å². The van der Waals surface area contributed by atoms with Gasteiger partial charge in [0.25, 0.3) is 17.7 Å². The van der Waals surface area contributed by atoms with Crippen molar-refractivity contribution in [3.63, 3.8) is 0 Å². The van der Waals surface area contributed by atoms with Crippen molar-refractivity contribution >= 4 is 24.0 Å². The smallest absolute Gasteiger partial charge is 0.255 e. The third kappa shape index (κ3) is 12.5. The van der Waals surface area contributed by atoms with Gasteiger partial charge in [0.2, 0.25) is 0 Å². The lowest BCUT2D eigenvalue weighted by molar-refractivity contribution is 0.0887. The second-order valence-corrected chi connectivity index (χ2v) is 12.8. The number of aldehydes is 1. The van der Waals surface area contributed by atoms with E-state index >= 15 is 0 Å². The van der Waals surface area contributed by atoms with E-state index in [1.54, 1.807) is 6.07 Å². The van der Waals surface area contributed by atoms with E-state index in [1.165, 1.54) is 6.07 Å². The average molecular weight is 699 g/mol. The molecule has 3 amide bonds. The van der Waals surface area contributed by atoms with Gasteiger partial charge in [-0.3, -0.25) is 19.2 Å². The fraction of sp³-hybridized carbons (Fsp3) is 0.556. The number of unbranched alkanes of at least 4 members (excludes halogenated alkanes) is 4. The van der Waals surface area contributed by atoms with E-state index in [0.29, 0.717) is 82.9 Å². The quantitative estimate of drug-likeness (QED) is 0.0743.